The Balaban J connectivity index is 2.01. The first-order valence-corrected chi connectivity index (χ1v) is 14.4. The fourth-order valence-electron chi connectivity index (χ4n) is 3.84. The van der Waals surface area contributed by atoms with Crippen LogP contribution in [0.25, 0.3) is 0 Å². The van der Waals surface area contributed by atoms with Crippen LogP contribution >= 0.6 is 11.6 Å². The SMILES string of the molecule is COc1ccc(N(CC(=O)N(Cc2ccccc2Cl)C(C)C(=O)NCC(C)C)S(=O)(=O)c2ccccc2)cc1. The first-order chi connectivity index (χ1) is 18.5. The molecule has 0 aliphatic rings. The minimum Gasteiger partial charge on any atom is -0.497 e. The van der Waals surface area contributed by atoms with E-state index >= 15 is 0 Å². The van der Waals surface area contributed by atoms with Crippen molar-refractivity contribution >= 4 is 39.1 Å². The summed E-state index contributed by atoms with van der Waals surface area (Å²) < 4.78 is 33.8. The van der Waals surface area contributed by atoms with Gasteiger partial charge in [-0.2, -0.15) is 0 Å². The van der Waals surface area contributed by atoms with Crippen LogP contribution in [-0.4, -0.2) is 51.4 Å². The number of benzene rings is 3. The second-order valence-corrected chi connectivity index (χ2v) is 11.7. The molecule has 1 N–H and O–H groups in total. The summed E-state index contributed by atoms with van der Waals surface area (Å²) >= 11 is 6.39. The molecule has 0 saturated heterocycles. The number of hydrogen-bond donors (Lipinski definition) is 1. The Bertz CT molecular complexity index is 1370. The van der Waals surface area contributed by atoms with Crippen LogP contribution in [0.15, 0.2) is 83.8 Å². The van der Waals surface area contributed by atoms with Crippen LogP contribution in [0, 0.1) is 5.92 Å². The van der Waals surface area contributed by atoms with Crippen LogP contribution in [0.3, 0.4) is 0 Å². The normalized spacial score (nSPS) is 12.1. The average molecular weight is 572 g/mol. The topological polar surface area (TPSA) is 96.0 Å². The van der Waals surface area contributed by atoms with Gasteiger partial charge in [-0.3, -0.25) is 13.9 Å². The van der Waals surface area contributed by atoms with Gasteiger partial charge in [0.2, 0.25) is 11.8 Å². The number of nitrogens with one attached hydrogen (secondary N) is 1. The van der Waals surface area contributed by atoms with E-state index in [9.17, 15) is 18.0 Å². The van der Waals surface area contributed by atoms with Crippen LogP contribution < -0.4 is 14.4 Å². The molecule has 0 aliphatic heterocycles. The predicted octanol–water partition coefficient (Wildman–Crippen LogP) is 4.73. The number of rotatable bonds is 12. The molecule has 10 heteroatoms. The molecule has 0 fully saturated rings. The first-order valence-electron chi connectivity index (χ1n) is 12.6. The van der Waals surface area contributed by atoms with Gasteiger partial charge in [0, 0.05) is 18.1 Å². The average Bonchev–Trinajstić information content (AvgIpc) is 2.94. The quantitative estimate of drug-likeness (QED) is 0.339. The van der Waals surface area contributed by atoms with Gasteiger partial charge in [0.25, 0.3) is 10.0 Å². The van der Waals surface area contributed by atoms with E-state index in [-0.39, 0.29) is 29.0 Å². The van der Waals surface area contributed by atoms with Crippen molar-refractivity contribution in [2.24, 2.45) is 5.92 Å². The molecular weight excluding hydrogens is 538 g/mol. The summed E-state index contributed by atoms with van der Waals surface area (Å²) in [6.45, 7) is 5.50. The maximum Gasteiger partial charge on any atom is 0.264 e. The van der Waals surface area contributed by atoms with E-state index in [4.69, 9.17) is 16.3 Å². The molecule has 0 aliphatic carbocycles. The molecule has 0 spiro atoms. The number of halogens is 1. The summed E-state index contributed by atoms with van der Waals surface area (Å²) in [6.07, 6.45) is 0. The van der Waals surface area contributed by atoms with Crippen molar-refractivity contribution in [1.29, 1.82) is 0 Å². The highest BCUT2D eigenvalue weighted by molar-refractivity contribution is 7.92. The second-order valence-electron chi connectivity index (χ2n) is 9.45. The van der Waals surface area contributed by atoms with Crippen molar-refractivity contribution in [2.75, 3.05) is 24.5 Å². The van der Waals surface area contributed by atoms with E-state index in [0.29, 0.717) is 22.9 Å². The first kappa shape index (κ1) is 30.0. The number of carbonyl (C=O) groups is 2. The Labute approximate surface area is 235 Å². The highest BCUT2D eigenvalue weighted by Gasteiger charge is 2.32. The minimum atomic E-state index is -4.13. The monoisotopic (exact) mass is 571 g/mol. The molecule has 8 nitrogen and oxygen atoms in total. The molecular formula is C29H34ClN3O5S. The number of methoxy groups -OCH3 is 1. The van der Waals surface area contributed by atoms with Crippen molar-refractivity contribution in [3.8, 4) is 5.75 Å². The molecule has 0 heterocycles. The molecule has 3 rings (SSSR count). The maximum atomic E-state index is 13.9. The lowest BCUT2D eigenvalue weighted by molar-refractivity contribution is -0.139. The summed E-state index contributed by atoms with van der Waals surface area (Å²) in [7, 11) is -2.62. The third kappa shape index (κ3) is 7.74. The number of carbonyl (C=O) groups excluding carboxylic acids is 2. The maximum absolute atomic E-state index is 13.9. The van der Waals surface area contributed by atoms with E-state index in [2.05, 4.69) is 5.32 Å². The van der Waals surface area contributed by atoms with Gasteiger partial charge in [-0.25, -0.2) is 8.42 Å². The fraction of sp³-hybridized carbons (Fsp3) is 0.310. The smallest absolute Gasteiger partial charge is 0.264 e. The summed E-state index contributed by atoms with van der Waals surface area (Å²) in [6, 6.07) is 20.4. The van der Waals surface area contributed by atoms with Gasteiger partial charge in [-0.15, -0.1) is 0 Å². The van der Waals surface area contributed by atoms with Gasteiger partial charge in [0.1, 0.15) is 18.3 Å². The zero-order valence-corrected chi connectivity index (χ0v) is 24.1. The van der Waals surface area contributed by atoms with Crippen molar-refractivity contribution in [3.05, 3.63) is 89.4 Å². The van der Waals surface area contributed by atoms with Gasteiger partial charge in [0.05, 0.1) is 17.7 Å². The summed E-state index contributed by atoms with van der Waals surface area (Å²) in [4.78, 5) is 28.3. The Hall–Kier alpha value is -3.56. The van der Waals surface area contributed by atoms with E-state index in [1.165, 1.54) is 24.1 Å². The molecule has 2 amide bonds. The zero-order valence-electron chi connectivity index (χ0n) is 22.5. The lowest BCUT2D eigenvalue weighted by Gasteiger charge is -2.32. The summed E-state index contributed by atoms with van der Waals surface area (Å²) in [5.41, 5.74) is 0.917. The Morgan fingerprint density at radius 1 is 0.923 bits per heavy atom. The summed E-state index contributed by atoms with van der Waals surface area (Å²) in [5, 5.41) is 3.30. The van der Waals surface area contributed by atoms with Crippen molar-refractivity contribution in [1.82, 2.24) is 10.2 Å². The highest BCUT2D eigenvalue weighted by Crippen LogP contribution is 2.27. The number of hydrogen-bond acceptors (Lipinski definition) is 5. The number of ether oxygens (including phenoxy) is 1. The van der Waals surface area contributed by atoms with Crippen molar-refractivity contribution in [2.45, 2.75) is 38.3 Å². The number of amides is 2. The predicted molar refractivity (Wildman–Crippen MR) is 153 cm³/mol. The van der Waals surface area contributed by atoms with Crippen molar-refractivity contribution < 1.29 is 22.7 Å². The van der Waals surface area contributed by atoms with Crippen LogP contribution in [0.4, 0.5) is 5.69 Å². The molecule has 0 saturated carbocycles. The molecule has 3 aromatic carbocycles. The van der Waals surface area contributed by atoms with E-state index in [0.717, 1.165) is 4.31 Å². The third-order valence-electron chi connectivity index (χ3n) is 6.12. The van der Waals surface area contributed by atoms with Crippen LogP contribution in [0.5, 0.6) is 5.75 Å². The largest absolute Gasteiger partial charge is 0.497 e. The van der Waals surface area contributed by atoms with Crippen molar-refractivity contribution in [3.63, 3.8) is 0 Å². The van der Waals surface area contributed by atoms with Crippen LogP contribution in [0.1, 0.15) is 26.3 Å². The summed E-state index contributed by atoms with van der Waals surface area (Å²) in [5.74, 6) is -0.142. The third-order valence-corrected chi connectivity index (χ3v) is 8.28. The standard InChI is InChI=1S/C29H34ClN3O5S/c1-21(2)18-31-29(35)22(3)32(19-23-10-8-9-13-27(23)30)28(34)20-33(24-14-16-25(38-4)17-15-24)39(36,37)26-11-6-5-7-12-26/h5-17,21-22H,18-20H2,1-4H3,(H,31,35). The minimum absolute atomic E-state index is 0.0244. The molecule has 3 aromatic rings. The molecule has 0 aromatic heterocycles. The van der Waals surface area contributed by atoms with Crippen LogP contribution in [0.2, 0.25) is 5.02 Å². The van der Waals surface area contributed by atoms with E-state index in [1.54, 1.807) is 73.7 Å². The number of anilines is 1. The molecule has 1 atom stereocenters. The Kier molecular flexibility index (Phi) is 10.4. The Morgan fingerprint density at radius 3 is 2.13 bits per heavy atom. The van der Waals surface area contributed by atoms with Gasteiger partial charge >= 0.3 is 0 Å². The lowest BCUT2D eigenvalue weighted by Crippen LogP contribution is -2.51. The van der Waals surface area contributed by atoms with Gasteiger partial charge in [-0.1, -0.05) is 61.8 Å². The lowest BCUT2D eigenvalue weighted by atomic mass is 10.1. The molecule has 0 bridgehead atoms. The number of nitrogens with zero attached hydrogens (tertiary/aromatic N) is 2. The fourth-order valence-corrected chi connectivity index (χ4v) is 5.47. The van der Waals surface area contributed by atoms with Gasteiger partial charge in [-0.05, 0) is 60.9 Å². The number of sulfonamides is 1. The molecule has 1 unspecified atom stereocenters. The van der Waals surface area contributed by atoms with E-state index < -0.39 is 28.5 Å². The van der Waals surface area contributed by atoms with Gasteiger partial charge in [0.15, 0.2) is 0 Å². The van der Waals surface area contributed by atoms with Crippen LogP contribution in [-0.2, 0) is 26.2 Å². The molecule has 0 radical (unpaired) electrons. The molecule has 39 heavy (non-hydrogen) atoms. The van der Waals surface area contributed by atoms with E-state index in [1.807, 2.05) is 13.8 Å². The zero-order chi connectivity index (χ0) is 28.6. The highest BCUT2D eigenvalue weighted by atomic mass is 35.5. The van der Waals surface area contributed by atoms with Gasteiger partial charge < -0.3 is 15.0 Å². The molecule has 208 valence electrons. The Morgan fingerprint density at radius 2 is 1.54 bits per heavy atom. The second kappa shape index (κ2) is 13.5.